The molecule has 18 heavy (non-hydrogen) atoms. The molecule has 0 saturated carbocycles. The summed E-state index contributed by atoms with van der Waals surface area (Å²) in [5.41, 5.74) is 2.17. The maximum absolute atomic E-state index is 13.0. The number of hydrogen-bond acceptors (Lipinski definition) is 2. The van der Waals surface area contributed by atoms with Crippen molar-refractivity contribution in [2.24, 2.45) is 7.05 Å². The first-order valence-corrected chi connectivity index (χ1v) is 6.48. The summed E-state index contributed by atoms with van der Waals surface area (Å²) in [6.45, 7) is 0. The van der Waals surface area contributed by atoms with E-state index < -0.39 is 0 Å². The lowest BCUT2D eigenvalue weighted by molar-refractivity contribution is 0.553. The fraction of sp³-hybridized carbons (Fsp3) is 0.308. The lowest BCUT2D eigenvalue weighted by atomic mass is 10.0. The normalized spacial score (nSPS) is 12.7. The third-order valence-electron chi connectivity index (χ3n) is 3.00. The van der Waals surface area contributed by atoms with E-state index in [1.54, 1.807) is 12.4 Å². The van der Waals surface area contributed by atoms with Crippen LogP contribution in [0.3, 0.4) is 0 Å². The molecule has 1 aromatic carbocycles. The molecule has 5 heteroatoms. The largest absolute Gasteiger partial charge is 0.336 e. The molecule has 2 rings (SSSR count). The van der Waals surface area contributed by atoms with E-state index in [2.05, 4.69) is 26.2 Å². The fourth-order valence-corrected chi connectivity index (χ4v) is 2.48. The maximum Gasteiger partial charge on any atom is 0.124 e. The number of nitrogens with one attached hydrogen (secondary N) is 1. The van der Waals surface area contributed by atoms with E-state index in [1.807, 2.05) is 24.9 Å². The Morgan fingerprint density at radius 3 is 2.83 bits per heavy atom. The molecule has 96 valence electrons. The highest BCUT2D eigenvalue weighted by atomic mass is 79.9. The first kappa shape index (κ1) is 13.2. The van der Waals surface area contributed by atoms with Crippen LogP contribution in [0.25, 0.3) is 0 Å². The van der Waals surface area contributed by atoms with Crippen LogP contribution in [0.15, 0.2) is 35.2 Å². The maximum atomic E-state index is 13.0. The number of rotatable bonds is 4. The SMILES string of the molecule is CNC(Cc1ccc(F)cc1Br)c1cncn1C. The lowest BCUT2D eigenvalue weighted by Crippen LogP contribution is -2.21. The molecule has 1 N–H and O–H groups in total. The second kappa shape index (κ2) is 5.63. The first-order chi connectivity index (χ1) is 8.61. The molecule has 0 amide bonds. The van der Waals surface area contributed by atoms with Gasteiger partial charge in [-0.3, -0.25) is 0 Å². The molecular weight excluding hydrogens is 297 g/mol. The Bertz CT molecular complexity index is 539. The summed E-state index contributed by atoms with van der Waals surface area (Å²) in [5.74, 6) is -0.229. The van der Waals surface area contributed by atoms with Crippen LogP contribution < -0.4 is 5.32 Å². The van der Waals surface area contributed by atoms with Crippen LogP contribution in [0.2, 0.25) is 0 Å². The zero-order valence-electron chi connectivity index (χ0n) is 10.3. The predicted molar refractivity (Wildman–Crippen MR) is 72.8 cm³/mol. The van der Waals surface area contributed by atoms with Gasteiger partial charge in [0.1, 0.15) is 5.82 Å². The van der Waals surface area contributed by atoms with Crippen molar-refractivity contribution in [2.45, 2.75) is 12.5 Å². The summed E-state index contributed by atoms with van der Waals surface area (Å²) < 4.78 is 15.8. The van der Waals surface area contributed by atoms with E-state index in [9.17, 15) is 4.39 Å². The van der Waals surface area contributed by atoms with Crippen LogP contribution in [0, 0.1) is 5.82 Å². The highest BCUT2D eigenvalue weighted by Crippen LogP contribution is 2.24. The van der Waals surface area contributed by atoms with Crippen LogP contribution in [-0.2, 0) is 13.5 Å². The Kier molecular flexibility index (Phi) is 4.14. The Hall–Kier alpha value is -1.20. The number of likely N-dealkylation sites (N-methyl/N-ethyl adjacent to an activating group) is 1. The predicted octanol–water partition coefficient (Wildman–Crippen LogP) is 2.82. The zero-order chi connectivity index (χ0) is 13.1. The van der Waals surface area contributed by atoms with Crippen LogP contribution in [0.5, 0.6) is 0 Å². The standard InChI is InChI=1S/C13H15BrFN3/c1-16-12(13-7-17-8-18(13)2)5-9-3-4-10(15)6-11(9)14/h3-4,6-8,12,16H,5H2,1-2H3. The number of halogens is 2. The molecule has 0 radical (unpaired) electrons. The number of imidazole rings is 1. The van der Waals surface area contributed by atoms with E-state index in [0.717, 1.165) is 22.2 Å². The van der Waals surface area contributed by atoms with Gasteiger partial charge >= 0.3 is 0 Å². The van der Waals surface area contributed by atoms with Crippen LogP contribution >= 0.6 is 15.9 Å². The van der Waals surface area contributed by atoms with Gasteiger partial charge in [0.15, 0.2) is 0 Å². The molecule has 0 bridgehead atoms. The van der Waals surface area contributed by atoms with Crippen LogP contribution in [0.4, 0.5) is 4.39 Å². The summed E-state index contributed by atoms with van der Waals surface area (Å²) in [6, 6.07) is 4.93. The molecule has 0 spiro atoms. The summed E-state index contributed by atoms with van der Waals surface area (Å²) >= 11 is 3.40. The average Bonchev–Trinajstić information content (AvgIpc) is 2.75. The summed E-state index contributed by atoms with van der Waals surface area (Å²) in [4.78, 5) is 4.12. The van der Waals surface area contributed by atoms with E-state index in [1.165, 1.54) is 12.1 Å². The van der Waals surface area contributed by atoms with Crippen molar-refractivity contribution in [2.75, 3.05) is 7.05 Å². The monoisotopic (exact) mass is 311 g/mol. The Morgan fingerprint density at radius 1 is 1.50 bits per heavy atom. The van der Waals surface area contributed by atoms with Crippen molar-refractivity contribution < 1.29 is 4.39 Å². The van der Waals surface area contributed by atoms with Gasteiger partial charge in [-0.05, 0) is 31.2 Å². The van der Waals surface area contributed by atoms with Gasteiger partial charge in [0.25, 0.3) is 0 Å². The van der Waals surface area contributed by atoms with Crippen LogP contribution in [-0.4, -0.2) is 16.6 Å². The van der Waals surface area contributed by atoms with Gasteiger partial charge in [-0.2, -0.15) is 0 Å². The smallest absolute Gasteiger partial charge is 0.124 e. The van der Waals surface area contributed by atoms with Gasteiger partial charge in [-0.1, -0.05) is 22.0 Å². The molecule has 0 aliphatic carbocycles. The van der Waals surface area contributed by atoms with Crippen LogP contribution in [0.1, 0.15) is 17.3 Å². The summed E-state index contributed by atoms with van der Waals surface area (Å²) in [7, 11) is 3.88. The van der Waals surface area contributed by atoms with E-state index in [4.69, 9.17) is 0 Å². The summed E-state index contributed by atoms with van der Waals surface area (Å²) in [5, 5.41) is 3.26. The minimum absolute atomic E-state index is 0.152. The molecule has 3 nitrogen and oxygen atoms in total. The van der Waals surface area contributed by atoms with E-state index >= 15 is 0 Å². The van der Waals surface area contributed by atoms with Crippen molar-refractivity contribution in [1.29, 1.82) is 0 Å². The van der Waals surface area contributed by atoms with Crippen molar-refractivity contribution >= 4 is 15.9 Å². The van der Waals surface area contributed by atoms with Crippen molar-refractivity contribution in [3.05, 3.63) is 52.3 Å². The molecule has 1 unspecified atom stereocenters. The Balaban J connectivity index is 2.23. The topological polar surface area (TPSA) is 29.9 Å². The highest BCUT2D eigenvalue weighted by Gasteiger charge is 2.15. The number of hydrogen-bond donors (Lipinski definition) is 1. The zero-order valence-corrected chi connectivity index (χ0v) is 11.9. The molecule has 1 atom stereocenters. The highest BCUT2D eigenvalue weighted by molar-refractivity contribution is 9.10. The number of benzene rings is 1. The molecule has 0 aliphatic rings. The number of aryl methyl sites for hydroxylation is 1. The molecule has 0 aliphatic heterocycles. The number of aromatic nitrogens is 2. The first-order valence-electron chi connectivity index (χ1n) is 5.69. The van der Waals surface area contributed by atoms with E-state index in [0.29, 0.717) is 0 Å². The van der Waals surface area contributed by atoms with Crippen molar-refractivity contribution in [3.8, 4) is 0 Å². The molecular formula is C13H15BrFN3. The van der Waals surface area contributed by atoms with Gasteiger partial charge in [0.05, 0.1) is 18.1 Å². The second-order valence-electron chi connectivity index (χ2n) is 4.21. The fourth-order valence-electron chi connectivity index (χ4n) is 1.96. The van der Waals surface area contributed by atoms with E-state index in [-0.39, 0.29) is 11.9 Å². The molecule has 0 fully saturated rings. The Labute approximate surface area is 114 Å². The van der Waals surface area contributed by atoms with Gasteiger partial charge in [0, 0.05) is 17.7 Å². The van der Waals surface area contributed by atoms with Gasteiger partial charge < -0.3 is 9.88 Å². The molecule has 1 heterocycles. The van der Waals surface area contributed by atoms with Gasteiger partial charge in [0.2, 0.25) is 0 Å². The Morgan fingerprint density at radius 2 is 2.28 bits per heavy atom. The quantitative estimate of drug-likeness (QED) is 0.941. The average molecular weight is 312 g/mol. The minimum Gasteiger partial charge on any atom is -0.336 e. The summed E-state index contributed by atoms with van der Waals surface area (Å²) in [6.07, 6.45) is 4.40. The second-order valence-corrected chi connectivity index (χ2v) is 5.06. The van der Waals surface area contributed by atoms with Crippen molar-refractivity contribution in [3.63, 3.8) is 0 Å². The third kappa shape index (κ3) is 2.79. The lowest BCUT2D eigenvalue weighted by Gasteiger charge is -2.17. The van der Waals surface area contributed by atoms with Gasteiger partial charge in [-0.15, -0.1) is 0 Å². The molecule has 1 aromatic heterocycles. The molecule has 2 aromatic rings. The minimum atomic E-state index is -0.229. The molecule has 0 saturated heterocycles. The van der Waals surface area contributed by atoms with Crippen molar-refractivity contribution in [1.82, 2.24) is 14.9 Å². The van der Waals surface area contributed by atoms with Gasteiger partial charge in [-0.25, -0.2) is 9.37 Å². The third-order valence-corrected chi connectivity index (χ3v) is 3.74. The number of nitrogens with zero attached hydrogens (tertiary/aromatic N) is 2.